The zero-order valence-electron chi connectivity index (χ0n) is 6.31. The summed E-state index contributed by atoms with van der Waals surface area (Å²) in [6, 6.07) is -0.689. The molecule has 0 aromatic rings. The molecule has 1 atom stereocenters. The molecule has 1 amide bonds. The number of carboxylic acid groups (broad SMARTS) is 1. The Morgan fingerprint density at radius 3 is 2.83 bits per heavy atom. The lowest BCUT2D eigenvalue weighted by molar-refractivity contribution is -0.0302. The third kappa shape index (κ3) is 2.61. The second-order valence-electron chi connectivity index (χ2n) is 2.84. The third-order valence-corrected chi connectivity index (χ3v) is 1.65. The van der Waals surface area contributed by atoms with Gasteiger partial charge in [0.05, 0.1) is 12.6 Å². The number of hydrogen-bond donors (Lipinski definition) is 3. The van der Waals surface area contributed by atoms with E-state index in [0.29, 0.717) is 0 Å². The minimum Gasteiger partial charge on any atom is -0.465 e. The average Bonchev–Trinajstić information content (AvgIpc) is 1.82. The molecule has 1 saturated heterocycles. The molecule has 0 aliphatic carbocycles. The summed E-state index contributed by atoms with van der Waals surface area (Å²) in [7, 11) is 0. The van der Waals surface area contributed by atoms with E-state index < -0.39 is 24.5 Å². The molecule has 0 bridgehead atoms. The topological polar surface area (TPSA) is 61.4 Å². The van der Waals surface area contributed by atoms with E-state index >= 15 is 0 Å². The van der Waals surface area contributed by atoms with Gasteiger partial charge in [-0.3, -0.25) is 0 Å². The maximum atomic E-state index is 12.6. The van der Waals surface area contributed by atoms with Crippen LogP contribution in [-0.4, -0.2) is 36.3 Å². The molecule has 0 aromatic carbocycles. The summed E-state index contributed by atoms with van der Waals surface area (Å²) in [4.78, 5) is 10.1. The zero-order chi connectivity index (χ0) is 9.19. The van der Waals surface area contributed by atoms with Crippen molar-refractivity contribution in [1.82, 2.24) is 10.6 Å². The lowest BCUT2D eigenvalue weighted by Gasteiger charge is -2.29. The van der Waals surface area contributed by atoms with Crippen molar-refractivity contribution in [1.29, 1.82) is 0 Å². The summed E-state index contributed by atoms with van der Waals surface area (Å²) in [6.07, 6.45) is -1.69. The Morgan fingerprint density at radius 1 is 1.67 bits per heavy atom. The first-order valence-corrected chi connectivity index (χ1v) is 3.58. The van der Waals surface area contributed by atoms with Crippen molar-refractivity contribution in [3.8, 4) is 0 Å². The Kier molecular flexibility index (Phi) is 2.46. The molecule has 70 valence electrons. The second kappa shape index (κ2) is 3.22. The molecular weight excluding hydrogens is 170 g/mol. The van der Waals surface area contributed by atoms with E-state index in [1.165, 1.54) is 0 Å². The first-order chi connectivity index (χ1) is 5.49. The third-order valence-electron chi connectivity index (χ3n) is 1.65. The second-order valence-corrected chi connectivity index (χ2v) is 2.84. The van der Waals surface area contributed by atoms with Crippen molar-refractivity contribution in [2.45, 2.75) is 18.4 Å². The lowest BCUT2D eigenvalue weighted by Crippen LogP contribution is -2.53. The number of halogens is 2. The number of piperidine rings is 1. The Hall–Kier alpha value is -0.910. The highest BCUT2D eigenvalue weighted by Gasteiger charge is 2.36. The van der Waals surface area contributed by atoms with Crippen LogP contribution in [0.25, 0.3) is 0 Å². The summed E-state index contributed by atoms with van der Waals surface area (Å²) in [5, 5.41) is 12.7. The van der Waals surface area contributed by atoms with Crippen molar-refractivity contribution < 1.29 is 18.7 Å². The van der Waals surface area contributed by atoms with Gasteiger partial charge in [-0.15, -0.1) is 0 Å². The Labute approximate surface area is 67.9 Å². The van der Waals surface area contributed by atoms with Crippen molar-refractivity contribution in [3.63, 3.8) is 0 Å². The average molecular weight is 180 g/mol. The molecule has 3 N–H and O–H groups in total. The first-order valence-electron chi connectivity index (χ1n) is 3.58. The molecule has 0 aromatic heterocycles. The minimum absolute atomic E-state index is 0.266. The van der Waals surface area contributed by atoms with E-state index in [4.69, 9.17) is 5.11 Å². The summed E-state index contributed by atoms with van der Waals surface area (Å²) in [5.74, 6) is -2.80. The maximum Gasteiger partial charge on any atom is 0.404 e. The number of hydrogen-bond acceptors (Lipinski definition) is 2. The molecule has 1 heterocycles. The molecule has 4 nitrogen and oxygen atoms in total. The highest BCUT2D eigenvalue weighted by Crippen LogP contribution is 2.22. The van der Waals surface area contributed by atoms with Gasteiger partial charge < -0.3 is 15.7 Å². The van der Waals surface area contributed by atoms with E-state index in [-0.39, 0.29) is 13.1 Å². The highest BCUT2D eigenvalue weighted by molar-refractivity contribution is 5.64. The van der Waals surface area contributed by atoms with Crippen LogP contribution in [0.2, 0.25) is 0 Å². The smallest absolute Gasteiger partial charge is 0.404 e. The fraction of sp³-hybridized carbons (Fsp3) is 0.833. The van der Waals surface area contributed by atoms with Gasteiger partial charge in [-0.1, -0.05) is 0 Å². The molecule has 1 aliphatic heterocycles. The van der Waals surface area contributed by atoms with Gasteiger partial charge in [0.1, 0.15) is 0 Å². The normalized spacial score (nSPS) is 28.0. The molecule has 6 heteroatoms. The molecule has 1 fully saturated rings. The van der Waals surface area contributed by atoms with Crippen LogP contribution in [0.1, 0.15) is 6.42 Å². The summed E-state index contributed by atoms with van der Waals surface area (Å²) in [5.41, 5.74) is 0. The predicted octanol–water partition coefficient (Wildman–Crippen LogP) is 0.251. The Balaban J connectivity index is 2.41. The van der Waals surface area contributed by atoms with E-state index in [0.717, 1.165) is 0 Å². The number of nitrogens with one attached hydrogen (secondary N) is 2. The standard InChI is InChI=1S/C6H10F2N2O2/c7-6(8)1-4(2-9-3-6)10-5(11)12/h4,9-10H,1-3H2,(H,11,12). The summed E-state index contributed by atoms with van der Waals surface area (Å²) >= 11 is 0. The highest BCUT2D eigenvalue weighted by atomic mass is 19.3. The predicted molar refractivity (Wildman–Crippen MR) is 37.4 cm³/mol. The van der Waals surface area contributed by atoms with Gasteiger partial charge in [0.15, 0.2) is 0 Å². The minimum atomic E-state index is -2.80. The lowest BCUT2D eigenvalue weighted by atomic mass is 10.0. The summed E-state index contributed by atoms with van der Waals surface area (Å²) < 4.78 is 25.2. The van der Waals surface area contributed by atoms with Crippen molar-refractivity contribution in [3.05, 3.63) is 0 Å². The van der Waals surface area contributed by atoms with Crippen LogP contribution in [-0.2, 0) is 0 Å². The monoisotopic (exact) mass is 180 g/mol. The van der Waals surface area contributed by atoms with Gasteiger partial charge in [-0.25, -0.2) is 13.6 Å². The van der Waals surface area contributed by atoms with Gasteiger partial charge in [0.2, 0.25) is 0 Å². The van der Waals surface area contributed by atoms with E-state index in [1.54, 1.807) is 0 Å². The maximum absolute atomic E-state index is 12.6. The molecule has 0 radical (unpaired) electrons. The quantitative estimate of drug-likeness (QED) is 0.542. The molecule has 0 saturated carbocycles. The number of rotatable bonds is 1. The fourth-order valence-electron chi connectivity index (χ4n) is 1.21. The zero-order valence-corrected chi connectivity index (χ0v) is 6.31. The molecule has 1 rings (SSSR count). The van der Waals surface area contributed by atoms with Crippen molar-refractivity contribution >= 4 is 6.09 Å². The SMILES string of the molecule is O=C(O)NC1CNCC(F)(F)C1. The van der Waals surface area contributed by atoms with E-state index in [2.05, 4.69) is 5.32 Å². The number of carbonyl (C=O) groups is 1. The molecular formula is C6H10F2N2O2. The Bertz CT molecular complexity index is 186. The van der Waals surface area contributed by atoms with E-state index in [1.807, 2.05) is 5.32 Å². The van der Waals surface area contributed by atoms with Crippen LogP contribution >= 0.6 is 0 Å². The van der Waals surface area contributed by atoms with Gasteiger partial charge in [0.25, 0.3) is 5.92 Å². The van der Waals surface area contributed by atoms with Crippen molar-refractivity contribution in [2.24, 2.45) is 0 Å². The van der Waals surface area contributed by atoms with Crippen LogP contribution in [0.15, 0.2) is 0 Å². The Morgan fingerprint density at radius 2 is 2.33 bits per heavy atom. The number of amides is 1. The van der Waals surface area contributed by atoms with Gasteiger partial charge in [-0.05, 0) is 0 Å². The molecule has 1 aliphatic rings. The van der Waals surface area contributed by atoms with Crippen LogP contribution in [0.5, 0.6) is 0 Å². The number of alkyl halides is 2. The van der Waals surface area contributed by atoms with Crippen LogP contribution in [0, 0.1) is 0 Å². The van der Waals surface area contributed by atoms with E-state index in [9.17, 15) is 13.6 Å². The largest absolute Gasteiger partial charge is 0.465 e. The molecule has 1 unspecified atom stereocenters. The van der Waals surface area contributed by atoms with Crippen LogP contribution in [0.3, 0.4) is 0 Å². The first kappa shape index (κ1) is 9.18. The fourth-order valence-corrected chi connectivity index (χ4v) is 1.21. The van der Waals surface area contributed by atoms with Gasteiger partial charge >= 0.3 is 6.09 Å². The van der Waals surface area contributed by atoms with Crippen molar-refractivity contribution in [2.75, 3.05) is 13.1 Å². The van der Waals surface area contributed by atoms with Gasteiger partial charge in [-0.2, -0.15) is 0 Å². The van der Waals surface area contributed by atoms with Crippen LogP contribution in [0.4, 0.5) is 13.6 Å². The molecule has 12 heavy (non-hydrogen) atoms. The van der Waals surface area contributed by atoms with Crippen LogP contribution < -0.4 is 10.6 Å². The molecule has 0 spiro atoms. The summed E-state index contributed by atoms with van der Waals surface area (Å²) in [6.45, 7) is -0.104. The van der Waals surface area contributed by atoms with Gasteiger partial charge in [0, 0.05) is 13.0 Å².